The van der Waals surface area contributed by atoms with E-state index in [1.165, 1.54) is 12.1 Å². The summed E-state index contributed by atoms with van der Waals surface area (Å²) in [6.45, 7) is 5.21. The molecule has 0 saturated carbocycles. The number of carbonyl (C=O) groups excluding carboxylic acids is 2. The third-order valence-corrected chi connectivity index (χ3v) is 4.92. The van der Waals surface area contributed by atoms with E-state index in [1.807, 2.05) is 6.92 Å². The number of hydrogen-bond acceptors (Lipinski definition) is 3. The summed E-state index contributed by atoms with van der Waals surface area (Å²) in [5.41, 5.74) is -0.785. The number of rotatable bonds is 7. The SMILES string of the molecule is CCCCNC(=O)N1CCCC(Cc2ccc(F)cc2F)(C(=O)OCC)C1. The molecule has 0 aliphatic carbocycles. The fourth-order valence-electron chi connectivity index (χ4n) is 3.49. The molecule has 0 spiro atoms. The lowest BCUT2D eigenvalue weighted by Crippen LogP contribution is -2.54. The Morgan fingerprint density at radius 2 is 2.07 bits per heavy atom. The molecular weight excluding hydrogens is 354 g/mol. The summed E-state index contributed by atoms with van der Waals surface area (Å²) in [6.07, 6.45) is 3.02. The van der Waals surface area contributed by atoms with Crippen molar-refractivity contribution in [1.29, 1.82) is 0 Å². The van der Waals surface area contributed by atoms with E-state index in [-0.39, 0.29) is 31.2 Å². The van der Waals surface area contributed by atoms with Crippen molar-refractivity contribution in [3.63, 3.8) is 0 Å². The number of urea groups is 1. The van der Waals surface area contributed by atoms with Crippen LogP contribution in [0.1, 0.15) is 45.1 Å². The van der Waals surface area contributed by atoms with Gasteiger partial charge in [-0.25, -0.2) is 13.6 Å². The van der Waals surface area contributed by atoms with E-state index in [0.717, 1.165) is 18.9 Å². The van der Waals surface area contributed by atoms with Crippen LogP contribution in [0, 0.1) is 17.0 Å². The summed E-state index contributed by atoms with van der Waals surface area (Å²) >= 11 is 0. The molecule has 7 heteroatoms. The van der Waals surface area contributed by atoms with Crippen molar-refractivity contribution in [3.8, 4) is 0 Å². The number of ether oxygens (including phenoxy) is 1. The lowest BCUT2D eigenvalue weighted by atomic mass is 9.75. The van der Waals surface area contributed by atoms with Gasteiger partial charge in [0.25, 0.3) is 0 Å². The second-order valence-corrected chi connectivity index (χ2v) is 7.02. The summed E-state index contributed by atoms with van der Waals surface area (Å²) in [5, 5.41) is 2.86. The van der Waals surface area contributed by atoms with Gasteiger partial charge in [0.1, 0.15) is 11.6 Å². The van der Waals surface area contributed by atoms with Gasteiger partial charge in [-0.3, -0.25) is 4.79 Å². The molecule has 2 rings (SSSR count). The van der Waals surface area contributed by atoms with E-state index in [9.17, 15) is 18.4 Å². The maximum absolute atomic E-state index is 14.2. The van der Waals surface area contributed by atoms with Crippen LogP contribution in [0.15, 0.2) is 18.2 Å². The van der Waals surface area contributed by atoms with Gasteiger partial charge in [0.05, 0.1) is 12.0 Å². The summed E-state index contributed by atoms with van der Waals surface area (Å²) in [7, 11) is 0. The van der Waals surface area contributed by atoms with Gasteiger partial charge in [-0.1, -0.05) is 19.4 Å². The zero-order valence-corrected chi connectivity index (χ0v) is 16.0. The van der Waals surface area contributed by atoms with Gasteiger partial charge in [-0.05, 0) is 44.2 Å². The monoisotopic (exact) mass is 382 g/mol. The number of carbonyl (C=O) groups is 2. The number of benzene rings is 1. The van der Waals surface area contributed by atoms with Crippen LogP contribution in [0.5, 0.6) is 0 Å². The number of nitrogens with one attached hydrogen (secondary N) is 1. The molecule has 1 aromatic carbocycles. The molecule has 1 aromatic rings. The zero-order chi connectivity index (χ0) is 19.9. The Balaban J connectivity index is 2.22. The highest BCUT2D eigenvalue weighted by Crippen LogP contribution is 2.36. The van der Waals surface area contributed by atoms with Gasteiger partial charge < -0.3 is 15.0 Å². The largest absolute Gasteiger partial charge is 0.466 e. The first-order valence-electron chi connectivity index (χ1n) is 9.56. The maximum atomic E-state index is 14.2. The first-order chi connectivity index (χ1) is 12.9. The van der Waals surface area contributed by atoms with Gasteiger partial charge in [0.15, 0.2) is 0 Å². The van der Waals surface area contributed by atoms with Crippen LogP contribution in [0.4, 0.5) is 13.6 Å². The number of esters is 1. The van der Waals surface area contributed by atoms with Crippen LogP contribution < -0.4 is 5.32 Å². The fraction of sp³-hybridized carbons (Fsp3) is 0.600. The van der Waals surface area contributed by atoms with Gasteiger partial charge in [0, 0.05) is 25.7 Å². The van der Waals surface area contributed by atoms with Gasteiger partial charge in [-0.15, -0.1) is 0 Å². The molecule has 1 atom stereocenters. The zero-order valence-electron chi connectivity index (χ0n) is 16.0. The standard InChI is InChI=1S/C20H28F2N2O3/c1-3-5-10-23-19(26)24-11-6-9-20(14-24,18(25)27-4-2)13-15-7-8-16(21)12-17(15)22/h7-8,12H,3-6,9-11,13-14H2,1-2H3,(H,23,26). The quantitative estimate of drug-likeness (QED) is 0.578. The molecule has 1 aliphatic heterocycles. The third kappa shape index (κ3) is 5.40. The molecule has 1 N–H and O–H groups in total. The molecule has 1 aliphatic rings. The lowest BCUT2D eigenvalue weighted by Gasteiger charge is -2.41. The Labute approximate surface area is 159 Å². The number of unbranched alkanes of at least 4 members (excludes halogenated alkanes) is 1. The molecule has 27 heavy (non-hydrogen) atoms. The van der Waals surface area contributed by atoms with Crippen molar-refractivity contribution in [2.75, 3.05) is 26.2 Å². The summed E-state index contributed by atoms with van der Waals surface area (Å²) in [6, 6.07) is 3.12. The second kappa shape index (κ2) is 9.67. The summed E-state index contributed by atoms with van der Waals surface area (Å²) < 4.78 is 32.7. The van der Waals surface area contributed by atoms with E-state index in [0.29, 0.717) is 25.9 Å². The van der Waals surface area contributed by atoms with Crippen molar-refractivity contribution in [3.05, 3.63) is 35.4 Å². The van der Waals surface area contributed by atoms with Crippen LogP contribution in [0.2, 0.25) is 0 Å². The van der Waals surface area contributed by atoms with Gasteiger partial charge in [0.2, 0.25) is 0 Å². The highest BCUT2D eigenvalue weighted by molar-refractivity contribution is 5.80. The smallest absolute Gasteiger partial charge is 0.317 e. The predicted molar refractivity (Wildman–Crippen MR) is 98.2 cm³/mol. The molecule has 2 amide bonds. The number of piperidine rings is 1. The first kappa shape index (κ1) is 21.1. The molecule has 1 heterocycles. The first-order valence-corrected chi connectivity index (χ1v) is 9.56. The minimum absolute atomic E-state index is 0.0662. The number of hydrogen-bond donors (Lipinski definition) is 1. The van der Waals surface area contributed by atoms with Crippen LogP contribution in [-0.4, -0.2) is 43.1 Å². The minimum atomic E-state index is -1.03. The Bertz CT molecular complexity index is 669. The minimum Gasteiger partial charge on any atom is -0.466 e. The van der Waals surface area contributed by atoms with Crippen molar-refractivity contribution in [2.45, 2.75) is 46.0 Å². The number of amides is 2. The highest BCUT2D eigenvalue weighted by atomic mass is 19.1. The van der Waals surface area contributed by atoms with Gasteiger partial charge in [-0.2, -0.15) is 0 Å². The Kier molecular flexibility index (Phi) is 7.56. The van der Waals surface area contributed by atoms with Crippen LogP contribution in [0.25, 0.3) is 0 Å². The average Bonchev–Trinajstić information content (AvgIpc) is 2.64. The van der Waals surface area contributed by atoms with E-state index >= 15 is 0 Å². The molecule has 1 saturated heterocycles. The van der Waals surface area contributed by atoms with Crippen molar-refractivity contribution in [1.82, 2.24) is 10.2 Å². The van der Waals surface area contributed by atoms with E-state index < -0.39 is 23.0 Å². The molecule has 1 unspecified atom stereocenters. The van der Waals surface area contributed by atoms with Crippen LogP contribution >= 0.6 is 0 Å². The van der Waals surface area contributed by atoms with Crippen molar-refractivity contribution in [2.24, 2.45) is 5.41 Å². The highest BCUT2D eigenvalue weighted by Gasteiger charge is 2.45. The second-order valence-electron chi connectivity index (χ2n) is 7.02. The summed E-state index contributed by atoms with van der Waals surface area (Å²) in [5.74, 6) is -1.80. The normalized spacial score (nSPS) is 19.6. The molecule has 5 nitrogen and oxygen atoms in total. The van der Waals surface area contributed by atoms with E-state index in [4.69, 9.17) is 4.74 Å². The van der Waals surface area contributed by atoms with Crippen LogP contribution in [-0.2, 0) is 16.0 Å². The van der Waals surface area contributed by atoms with Crippen molar-refractivity contribution < 1.29 is 23.1 Å². The fourth-order valence-corrected chi connectivity index (χ4v) is 3.49. The topological polar surface area (TPSA) is 58.6 Å². The number of halogens is 2. The molecule has 150 valence electrons. The van der Waals surface area contributed by atoms with E-state index in [1.54, 1.807) is 11.8 Å². The van der Waals surface area contributed by atoms with Crippen molar-refractivity contribution >= 4 is 12.0 Å². The Morgan fingerprint density at radius 3 is 2.74 bits per heavy atom. The van der Waals surface area contributed by atoms with Gasteiger partial charge >= 0.3 is 12.0 Å². The number of likely N-dealkylation sites (tertiary alicyclic amines) is 1. The molecular formula is C20H28F2N2O3. The van der Waals surface area contributed by atoms with Crippen LogP contribution in [0.3, 0.4) is 0 Å². The third-order valence-electron chi connectivity index (χ3n) is 4.92. The number of nitrogens with zero attached hydrogens (tertiary/aromatic N) is 1. The van der Waals surface area contributed by atoms with E-state index in [2.05, 4.69) is 5.32 Å². The maximum Gasteiger partial charge on any atom is 0.317 e. The molecule has 0 bridgehead atoms. The Morgan fingerprint density at radius 1 is 1.30 bits per heavy atom. The molecule has 1 fully saturated rings. The summed E-state index contributed by atoms with van der Waals surface area (Å²) in [4.78, 5) is 26.8. The average molecular weight is 382 g/mol. The molecule has 0 radical (unpaired) electrons. The Hall–Kier alpha value is -2.18. The molecule has 0 aromatic heterocycles. The lowest BCUT2D eigenvalue weighted by molar-refractivity contribution is -0.158. The predicted octanol–water partition coefficient (Wildman–Crippen LogP) is 3.66.